The van der Waals surface area contributed by atoms with Gasteiger partial charge in [0, 0.05) is 31.0 Å². The van der Waals surface area contributed by atoms with Gasteiger partial charge in [-0.25, -0.2) is 0 Å². The minimum absolute atomic E-state index is 0.0719. The largest absolute Gasteiger partial charge is 0.354 e. The van der Waals surface area contributed by atoms with Crippen LogP contribution in [0.25, 0.3) is 0 Å². The number of pyridine rings is 1. The normalized spacial score (nSPS) is 14.5. The molecule has 5 nitrogen and oxygen atoms in total. The number of amides is 2. The van der Waals surface area contributed by atoms with Gasteiger partial charge in [0.15, 0.2) is 0 Å². The molecule has 118 valence electrons. The van der Waals surface area contributed by atoms with Gasteiger partial charge in [-0.15, -0.1) is 0 Å². The first-order valence-electron chi connectivity index (χ1n) is 7.72. The number of hydrogen-bond acceptors (Lipinski definition) is 3. The molecule has 0 spiro atoms. The van der Waals surface area contributed by atoms with Crippen LogP contribution < -0.4 is 5.32 Å². The third-order valence-electron chi connectivity index (χ3n) is 4.16. The average Bonchev–Trinajstić information content (AvgIpc) is 2.92. The van der Waals surface area contributed by atoms with E-state index in [2.05, 4.69) is 10.3 Å². The Hall–Kier alpha value is -2.69. The van der Waals surface area contributed by atoms with Crippen molar-refractivity contribution in [3.8, 4) is 0 Å². The summed E-state index contributed by atoms with van der Waals surface area (Å²) < 4.78 is 0. The first kappa shape index (κ1) is 15.2. The van der Waals surface area contributed by atoms with E-state index in [9.17, 15) is 9.59 Å². The van der Waals surface area contributed by atoms with Gasteiger partial charge >= 0.3 is 0 Å². The van der Waals surface area contributed by atoms with Crippen LogP contribution >= 0.6 is 0 Å². The molecule has 1 aliphatic heterocycles. The Bertz CT molecular complexity index is 715. The Kier molecular flexibility index (Phi) is 4.37. The first-order chi connectivity index (χ1) is 11.2. The van der Waals surface area contributed by atoms with E-state index in [-0.39, 0.29) is 11.8 Å². The summed E-state index contributed by atoms with van der Waals surface area (Å²) in [6.07, 6.45) is 4.22. The first-order valence-corrected chi connectivity index (χ1v) is 7.72. The van der Waals surface area contributed by atoms with Crippen LogP contribution in [0.3, 0.4) is 0 Å². The van der Waals surface area contributed by atoms with E-state index in [1.807, 2.05) is 36.4 Å². The van der Waals surface area contributed by atoms with E-state index in [0.717, 1.165) is 17.5 Å². The van der Waals surface area contributed by atoms with Crippen LogP contribution in [0.5, 0.6) is 0 Å². The number of nitrogens with zero attached hydrogens (tertiary/aromatic N) is 2. The molecule has 2 aromatic rings. The van der Waals surface area contributed by atoms with E-state index in [1.54, 1.807) is 24.2 Å². The van der Waals surface area contributed by atoms with Crippen LogP contribution in [0, 0.1) is 0 Å². The summed E-state index contributed by atoms with van der Waals surface area (Å²) in [4.78, 5) is 30.3. The molecule has 0 aliphatic carbocycles. The van der Waals surface area contributed by atoms with Gasteiger partial charge in [0.05, 0.1) is 0 Å². The van der Waals surface area contributed by atoms with Crippen LogP contribution in [0.15, 0.2) is 48.8 Å². The summed E-state index contributed by atoms with van der Waals surface area (Å²) in [5.74, 6) is -0.197. The van der Waals surface area contributed by atoms with Gasteiger partial charge in [0.1, 0.15) is 6.04 Å². The Morgan fingerprint density at radius 3 is 2.74 bits per heavy atom. The van der Waals surface area contributed by atoms with Crippen LogP contribution in [0.4, 0.5) is 0 Å². The van der Waals surface area contributed by atoms with Crippen molar-refractivity contribution >= 4 is 11.8 Å². The lowest BCUT2D eigenvalue weighted by molar-refractivity contribution is -0.125. The fourth-order valence-corrected chi connectivity index (χ4v) is 2.76. The summed E-state index contributed by atoms with van der Waals surface area (Å²) in [5, 5.41) is 2.90. The molecule has 2 amide bonds. The molecule has 0 radical (unpaired) electrons. The molecular weight excluding hydrogens is 290 g/mol. The maximum absolute atomic E-state index is 12.4. The zero-order valence-electron chi connectivity index (χ0n) is 13.0. The summed E-state index contributed by atoms with van der Waals surface area (Å²) in [6, 6.07) is 10.9. The summed E-state index contributed by atoms with van der Waals surface area (Å²) >= 11 is 0. The predicted molar refractivity (Wildman–Crippen MR) is 86.7 cm³/mol. The maximum atomic E-state index is 12.4. The maximum Gasteiger partial charge on any atom is 0.255 e. The highest BCUT2D eigenvalue weighted by molar-refractivity contribution is 6.00. The van der Waals surface area contributed by atoms with Gasteiger partial charge in [0.2, 0.25) is 5.91 Å². The molecule has 0 saturated heterocycles. The highest BCUT2D eigenvalue weighted by Gasteiger charge is 2.33. The van der Waals surface area contributed by atoms with Crippen LogP contribution in [-0.4, -0.2) is 34.3 Å². The minimum atomic E-state index is -0.479. The second kappa shape index (κ2) is 6.60. The van der Waals surface area contributed by atoms with Crippen molar-refractivity contribution in [2.24, 2.45) is 0 Å². The number of nitrogens with one attached hydrogen (secondary N) is 1. The quantitative estimate of drug-likeness (QED) is 0.916. The molecule has 5 heteroatoms. The molecule has 0 saturated carbocycles. The third kappa shape index (κ3) is 3.23. The van der Waals surface area contributed by atoms with Crippen molar-refractivity contribution in [2.75, 3.05) is 6.54 Å². The molecule has 1 aromatic heterocycles. The Morgan fingerprint density at radius 1 is 1.26 bits per heavy atom. The van der Waals surface area contributed by atoms with E-state index in [1.165, 1.54) is 0 Å². The van der Waals surface area contributed by atoms with Crippen molar-refractivity contribution < 1.29 is 9.59 Å². The topological polar surface area (TPSA) is 62.3 Å². The van der Waals surface area contributed by atoms with Gasteiger partial charge in [-0.1, -0.05) is 18.2 Å². The number of carbonyl (C=O) groups excluding carboxylic acids is 2. The van der Waals surface area contributed by atoms with E-state index >= 15 is 0 Å². The fraction of sp³-hybridized carbons (Fsp3) is 0.278. The molecule has 2 heterocycles. The zero-order chi connectivity index (χ0) is 16.2. The smallest absolute Gasteiger partial charge is 0.255 e. The number of aromatic nitrogens is 1. The van der Waals surface area contributed by atoms with Crippen molar-refractivity contribution in [1.82, 2.24) is 15.2 Å². The van der Waals surface area contributed by atoms with Gasteiger partial charge in [-0.2, -0.15) is 0 Å². The second-order valence-electron chi connectivity index (χ2n) is 5.66. The Balaban J connectivity index is 1.55. The minimum Gasteiger partial charge on any atom is -0.354 e. The van der Waals surface area contributed by atoms with E-state index < -0.39 is 6.04 Å². The van der Waals surface area contributed by atoms with Crippen LogP contribution in [0.2, 0.25) is 0 Å². The predicted octanol–water partition coefficient (Wildman–Crippen LogP) is 1.78. The second-order valence-corrected chi connectivity index (χ2v) is 5.66. The van der Waals surface area contributed by atoms with E-state index in [4.69, 9.17) is 0 Å². The summed E-state index contributed by atoms with van der Waals surface area (Å²) in [7, 11) is 0. The molecule has 3 rings (SSSR count). The highest BCUT2D eigenvalue weighted by atomic mass is 16.2. The molecule has 1 aliphatic rings. The lowest BCUT2D eigenvalue weighted by Gasteiger charge is -2.23. The van der Waals surface area contributed by atoms with Crippen molar-refractivity contribution in [1.29, 1.82) is 0 Å². The van der Waals surface area contributed by atoms with Crippen molar-refractivity contribution in [2.45, 2.75) is 25.9 Å². The van der Waals surface area contributed by atoms with Gasteiger partial charge in [-0.05, 0) is 42.7 Å². The number of rotatable bonds is 5. The molecule has 23 heavy (non-hydrogen) atoms. The summed E-state index contributed by atoms with van der Waals surface area (Å²) in [5.41, 5.74) is 2.80. The zero-order valence-corrected chi connectivity index (χ0v) is 13.0. The third-order valence-corrected chi connectivity index (χ3v) is 4.16. The number of benzene rings is 1. The molecule has 0 fully saturated rings. The van der Waals surface area contributed by atoms with Crippen LogP contribution in [-0.2, 0) is 17.8 Å². The standard InChI is InChI=1S/C18H19N3O2/c1-13(17(22)20-11-8-14-6-9-19-10-7-14)21-12-15-4-2-3-5-16(15)18(21)23/h2-7,9-10,13H,8,11-12H2,1H3,(H,20,22)/t13-/m1/s1. The number of carbonyl (C=O) groups is 2. The number of hydrogen-bond donors (Lipinski definition) is 1. The Labute approximate surface area is 135 Å². The van der Waals surface area contributed by atoms with Crippen molar-refractivity contribution in [3.63, 3.8) is 0 Å². The molecule has 1 atom stereocenters. The lowest BCUT2D eigenvalue weighted by Crippen LogP contribution is -2.45. The van der Waals surface area contributed by atoms with Crippen molar-refractivity contribution in [3.05, 3.63) is 65.5 Å². The average molecular weight is 309 g/mol. The monoisotopic (exact) mass is 309 g/mol. The fourth-order valence-electron chi connectivity index (χ4n) is 2.76. The molecule has 0 bridgehead atoms. The molecule has 0 unspecified atom stereocenters. The summed E-state index contributed by atoms with van der Waals surface area (Å²) in [6.45, 7) is 2.81. The SMILES string of the molecule is C[C@H](C(=O)NCCc1ccncc1)N1Cc2ccccc2C1=O. The van der Waals surface area contributed by atoms with Crippen LogP contribution in [0.1, 0.15) is 28.4 Å². The molecular formula is C18H19N3O2. The van der Waals surface area contributed by atoms with E-state index in [0.29, 0.717) is 18.7 Å². The van der Waals surface area contributed by atoms with Gasteiger partial charge < -0.3 is 10.2 Å². The molecule has 1 aromatic carbocycles. The van der Waals surface area contributed by atoms with Gasteiger partial charge in [-0.3, -0.25) is 14.6 Å². The molecule has 1 N–H and O–H groups in total. The van der Waals surface area contributed by atoms with Gasteiger partial charge in [0.25, 0.3) is 5.91 Å². The number of fused-ring (bicyclic) bond motifs is 1. The highest BCUT2D eigenvalue weighted by Crippen LogP contribution is 2.24. The lowest BCUT2D eigenvalue weighted by atomic mass is 10.1. The Morgan fingerprint density at radius 2 is 2.00 bits per heavy atom.